The molecule has 1 N–H and O–H groups in total. The summed E-state index contributed by atoms with van der Waals surface area (Å²) in [5.41, 5.74) is 1.09. The quantitative estimate of drug-likeness (QED) is 0.623. The van der Waals surface area contributed by atoms with E-state index in [4.69, 9.17) is 4.74 Å². The monoisotopic (exact) mass is 370 g/mol. The molecule has 0 bridgehead atoms. The van der Waals surface area contributed by atoms with E-state index >= 15 is 0 Å². The van der Waals surface area contributed by atoms with Gasteiger partial charge in [0.05, 0.1) is 18.1 Å². The Morgan fingerprint density at radius 2 is 2.26 bits per heavy atom. The minimum absolute atomic E-state index is 0.121. The van der Waals surface area contributed by atoms with Gasteiger partial charge in [-0.05, 0) is 23.9 Å². The summed E-state index contributed by atoms with van der Waals surface area (Å²) in [5.74, 6) is 0.844. The van der Waals surface area contributed by atoms with E-state index in [0.29, 0.717) is 10.0 Å². The molecule has 0 unspecified atom stereocenters. The molecule has 6 nitrogen and oxygen atoms in total. The van der Waals surface area contributed by atoms with Crippen LogP contribution in [0.4, 0.5) is 5.13 Å². The molecule has 0 aliphatic carbocycles. The molecule has 3 rings (SSSR count). The number of morpholine rings is 1. The topological polar surface area (TPSA) is 67.4 Å². The normalized spacial score (nSPS) is 15.7. The van der Waals surface area contributed by atoms with Crippen molar-refractivity contribution in [3.05, 3.63) is 21.9 Å². The van der Waals surface area contributed by atoms with Crippen LogP contribution in [0.5, 0.6) is 0 Å². The lowest BCUT2D eigenvalue weighted by molar-refractivity contribution is 0.0410. The van der Waals surface area contributed by atoms with Gasteiger partial charge in [-0.15, -0.1) is 21.5 Å². The third-order valence-corrected chi connectivity index (χ3v) is 6.32. The molecule has 1 fully saturated rings. The van der Waals surface area contributed by atoms with Crippen LogP contribution in [-0.2, 0) is 4.74 Å². The third kappa shape index (κ3) is 4.98. The molecule has 0 atom stereocenters. The number of nitrogens with zero attached hydrogens (tertiary/aromatic N) is 3. The fourth-order valence-electron chi connectivity index (χ4n) is 2.11. The van der Waals surface area contributed by atoms with Gasteiger partial charge in [0.15, 0.2) is 4.34 Å². The zero-order chi connectivity index (χ0) is 16.1. The van der Waals surface area contributed by atoms with E-state index in [1.54, 1.807) is 11.8 Å². The molecule has 9 heteroatoms. The van der Waals surface area contributed by atoms with Gasteiger partial charge in [-0.1, -0.05) is 23.1 Å². The molecule has 2 aromatic heterocycles. The molecular weight excluding hydrogens is 352 g/mol. The van der Waals surface area contributed by atoms with Gasteiger partial charge in [0.25, 0.3) is 5.91 Å². The number of anilines is 1. The van der Waals surface area contributed by atoms with E-state index in [-0.39, 0.29) is 5.91 Å². The highest BCUT2D eigenvalue weighted by molar-refractivity contribution is 8.01. The van der Waals surface area contributed by atoms with Crippen LogP contribution >= 0.6 is 34.4 Å². The molecule has 0 spiro atoms. The Morgan fingerprint density at radius 1 is 1.43 bits per heavy atom. The lowest BCUT2D eigenvalue weighted by Gasteiger charge is -2.25. The number of carbonyl (C=O) groups is 1. The second-order valence-corrected chi connectivity index (χ2v) is 8.35. The molecule has 0 aromatic carbocycles. The number of thiophene rings is 1. The van der Waals surface area contributed by atoms with Crippen molar-refractivity contribution < 1.29 is 9.53 Å². The first-order valence-electron chi connectivity index (χ1n) is 7.33. The Bertz CT molecular complexity index is 652. The number of aromatic nitrogens is 2. The molecule has 1 aliphatic heterocycles. The second-order valence-electron chi connectivity index (χ2n) is 5.12. The first-order chi connectivity index (χ1) is 11.2. The summed E-state index contributed by atoms with van der Waals surface area (Å²) in [6.45, 7) is 6.63. The van der Waals surface area contributed by atoms with Crippen molar-refractivity contribution >= 4 is 45.5 Å². The Kier molecular flexibility index (Phi) is 6.01. The summed E-state index contributed by atoms with van der Waals surface area (Å²) < 4.78 is 6.22. The number of nitrogens with one attached hydrogen (secondary N) is 1. The van der Waals surface area contributed by atoms with Gasteiger partial charge >= 0.3 is 0 Å². The Balaban J connectivity index is 1.45. The van der Waals surface area contributed by atoms with Gasteiger partial charge in [-0.2, -0.15) is 0 Å². The standard InChI is InChI=1S/C14H18N4O2S3/c1-10-8-11(22-9-10)12(19)15-13-16-17-14(23-13)21-7-4-18-2-5-20-6-3-18/h8-9H,2-7H2,1H3,(H,15,16,19). The van der Waals surface area contributed by atoms with E-state index in [2.05, 4.69) is 20.4 Å². The number of carbonyl (C=O) groups excluding carboxylic acids is 1. The van der Waals surface area contributed by atoms with Crippen molar-refractivity contribution in [1.82, 2.24) is 15.1 Å². The van der Waals surface area contributed by atoms with Gasteiger partial charge in [0, 0.05) is 25.4 Å². The summed E-state index contributed by atoms with van der Waals surface area (Å²) in [4.78, 5) is 15.2. The largest absolute Gasteiger partial charge is 0.379 e. The molecule has 124 valence electrons. The highest BCUT2D eigenvalue weighted by Crippen LogP contribution is 2.26. The van der Waals surface area contributed by atoms with Crippen molar-refractivity contribution in [3.8, 4) is 0 Å². The molecule has 2 aromatic rings. The minimum Gasteiger partial charge on any atom is -0.379 e. The highest BCUT2D eigenvalue weighted by atomic mass is 32.2. The lowest BCUT2D eigenvalue weighted by Crippen LogP contribution is -2.37. The minimum atomic E-state index is -0.121. The van der Waals surface area contributed by atoms with Crippen LogP contribution in [0.2, 0.25) is 0 Å². The summed E-state index contributed by atoms with van der Waals surface area (Å²) in [6, 6.07) is 1.87. The maximum absolute atomic E-state index is 12.1. The van der Waals surface area contributed by atoms with E-state index < -0.39 is 0 Å². The Morgan fingerprint density at radius 3 is 3.00 bits per heavy atom. The lowest BCUT2D eigenvalue weighted by atomic mass is 10.3. The zero-order valence-electron chi connectivity index (χ0n) is 12.8. The van der Waals surface area contributed by atoms with E-state index in [0.717, 1.165) is 48.5 Å². The molecular formula is C14H18N4O2S3. The molecule has 1 amide bonds. The fraction of sp³-hybridized carbons (Fsp3) is 0.500. The highest BCUT2D eigenvalue weighted by Gasteiger charge is 2.13. The van der Waals surface area contributed by atoms with Gasteiger partial charge in [-0.3, -0.25) is 15.0 Å². The number of thioether (sulfide) groups is 1. The maximum Gasteiger partial charge on any atom is 0.267 e. The van der Waals surface area contributed by atoms with Crippen LogP contribution in [0, 0.1) is 6.92 Å². The van der Waals surface area contributed by atoms with Gasteiger partial charge < -0.3 is 4.74 Å². The Labute approximate surface area is 147 Å². The first kappa shape index (κ1) is 16.8. The molecule has 0 radical (unpaired) electrons. The van der Waals surface area contributed by atoms with Crippen molar-refractivity contribution in [2.24, 2.45) is 0 Å². The van der Waals surface area contributed by atoms with Crippen molar-refractivity contribution in [3.63, 3.8) is 0 Å². The van der Waals surface area contributed by atoms with Gasteiger partial charge in [-0.25, -0.2) is 0 Å². The zero-order valence-corrected chi connectivity index (χ0v) is 15.2. The fourth-order valence-corrected chi connectivity index (χ4v) is 4.72. The summed E-state index contributed by atoms with van der Waals surface area (Å²) in [7, 11) is 0. The average Bonchev–Trinajstić information content (AvgIpc) is 3.18. The van der Waals surface area contributed by atoms with Gasteiger partial charge in [0.2, 0.25) is 5.13 Å². The van der Waals surface area contributed by atoms with Crippen molar-refractivity contribution in [1.29, 1.82) is 0 Å². The number of ether oxygens (including phenoxy) is 1. The number of aryl methyl sites for hydroxylation is 1. The summed E-state index contributed by atoms with van der Waals surface area (Å²) >= 11 is 4.53. The molecule has 1 aliphatic rings. The number of amides is 1. The van der Waals surface area contributed by atoms with Crippen LogP contribution in [-0.4, -0.2) is 59.6 Å². The maximum atomic E-state index is 12.1. The van der Waals surface area contributed by atoms with E-state index in [1.807, 2.05) is 18.4 Å². The smallest absolute Gasteiger partial charge is 0.267 e. The third-order valence-electron chi connectivity index (χ3n) is 3.32. The summed E-state index contributed by atoms with van der Waals surface area (Å²) in [5, 5.41) is 13.5. The van der Waals surface area contributed by atoms with E-state index in [1.165, 1.54) is 22.7 Å². The number of rotatable bonds is 6. The predicted molar refractivity (Wildman–Crippen MR) is 94.9 cm³/mol. The first-order valence-corrected chi connectivity index (χ1v) is 10.0. The van der Waals surface area contributed by atoms with Crippen LogP contribution in [0.3, 0.4) is 0 Å². The van der Waals surface area contributed by atoms with Crippen LogP contribution in [0.15, 0.2) is 15.8 Å². The van der Waals surface area contributed by atoms with E-state index in [9.17, 15) is 4.79 Å². The van der Waals surface area contributed by atoms with Crippen molar-refractivity contribution in [2.45, 2.75) is 11.3 Å². The van der Waals surface area contributed by atoms with Gasteiger partial charge in [0.1, 0.15) is 0 Å². The van der Waals surface area contributed by atoms with Crippen LogP contribution in [0.1, 0.15) is 15.2 Å². The predicted octanol–water partition coefficient (Wildman–Crippen LogP) is 2.58. The number of hydrogen-bond acceptors (Lipinski definition) is 8. The molecule has 1 saturated heterocycles. The van der Waals surface area contributed by atoms with Crippen LogP contribution < -0.4 is 5.32 Å². The molecule has 23 heavy (non-hydrogen) atoms. The summed E-state index contributed by atoms with van der Waals surface area (Å²) in [6.07, 6.45) is 0. The SMILES string of the molecule is Cc1csc(C(=O)Nc2nnc(SCCN3CCOCC3)s2)c1. The molecule has 3 heterocycles. The van der Waals surface area contributed by atoms with Crippen LogP contribution in [0.25, 0.3) is 0 Å². The second kappa shape index (κ2) is 8.20. The average molecular weight is 371 g/mol. The molecule has 0 saturated carbocycles. The number of hydrogen-bond donors (Lipinski definition) is 1. The Hall–Kier alpha value is -1.000. The van der Waals surface area contributed by atoms with Crippen molar-refractivity contribution in [2.75, 3.05) is 43.9 Å².